The third kappa shape index (κ3) is 3.54. The van der Waals surface area contributed by atoms with Gasteiger partial charge in [0.05, 0.1) is 7.11 Å². The molecule has 21 heavy (non-hydrogen) atoms. The second kappa shape index (κ2) is 6.03. The number of nitrogens with zero attached hydrogens (tertiary/aromatic N) is 1. The molecular weight excluding hydrogens is 356 g/mol. The summed E-state index contributed by atoms with van der Waals surface area (Å²) in [5.74, 6) is 0.588. The molecule has 1 aromatic heterocycles. The topological polar surface area (TPSA) is 68.3 Å². The van der Waals surface area contributed by atoms with Gasteiger partial charge in [-0.1, -0.05) is 6.07 Å². The van der Waals surface area contributed by atoms with Gasteiger partial charge in [-0.2, -0.15) is 0 Å². The number of ether oxygens (including phenoxy) is 1. The number of halogens is 1. The van der Waals surface area contributed by atoms with E-state index in [1.54, 1.807) is 37.4 Å². The molecule has 0 spiro atoms. The Morgan fingerprint density at radius 2 is 1.95 bits per heavy atom. The van der Waals surface area contributed by atoms with Crippen molar-refractivity contribution in [3.8, 4) is 5.75 Å². The van der Waals surface area contributed by atoms with E-state index >= 15 is 0 Å². The Morgan fingerprint density at radius 3 is 2.57 bits per heavy atom. The van der Waals surface area contributed by atoms with Crippen molar-refractivity contribution >= 4 is 31.8 Å². The summed E-state index contributed by atoms with van der Waals surface area (Å²) < 4.78 is 33.5. The number of aromatic nitrogens is 1. The van der Waals surface area contributed by atoms with Crippen LogP contribution in [0, 0.1) is 13.8 Å². The molecule has 0 amide bonds. The largest absolute Gasteiger partial charge is 0.495 e. The highest BCUT2D eigenvalue weighted by Crippen LogP contribution is 2.27. The van der Waals surface area contributed by atoms with Crippen molar-refractivity contribution in [3.63, 3.8) is 0 Å². The maximum absolute atomic E-state index is 12.5. The molecule has 0 aliphatic rings. The van der Waals surface area contributed by atoms with Crippen molar-refractivity contribution in [1.82, 2.24) is 4.98 Å². The number of hydrogen-bond acceptors (Lipinski definition) is 4. The summed E-state index contributed by atoms with van der Waals surface area (Å²) in [5.41, 5.74) is 1.55. The first-order valence-corrected chi connectivity index (χ1v) is 8.40. The summed E-state index contributed by atoms with van der Waals surface area (Å²) in [7, 11) is -2.33. The Kier molecular flexibility index (Phi) is 4.53. The molecule has 0 aliphatic carbocycles. The molecule has 0 radical (unpaired) electrons. The fraction of sp³-hybridized carbons (Fsp3) is 0.214. The average Bonchev–Trinajstić information content (AvgIpc) is 2.42. The molecule has 0 fully saturated rings. The number of anilines is 1. The molecule has 0 unspecified atom stereocenters. The fourth-order valence-electron chi connectivity index (χ4n) is 1.82. The lowest BCUT2D eigenvalue weighted by Crippen LogP contribution is -2.16. The summed E-state index contributed by atoms with van der Waals surface area (Å²) >= 11 is 3.29. The number of hydrogen-bond donors (Lipinski definition) is 1. The predicted molar refractivity (Wildman–Crippen MR) is 85.2 cm³/mol. The molecule has 0 bridgehead atoms. The monoisotopic (exact) mass is 370 g/mol. The van der Waals surface area contributed by atoms with Crippen molar-refractivity contribution < 1.29 is 13.2 Å². The van der Waals surface area contributed by atoms with Crippen molar-refractivity contribution in [2.45, 2.75) is 18.7 Å². The molecule has 0 saturated heterocycles. The van der Waals surface area contributed by atoms with Gasteiger partial charge in [0, 0.05) is 10.7 Å². The van der Waals surface area contributed by atoms with Crippen LogP contribution in [-0.4, -0.2) is 20.5 Å². The summed E-state index contributed by atoms with van der Waals surface area (Å²) in [4.78, 5) is 4.18. The third-order valence-corrected chi connectivity index (χ3v) is 4.68. The van der Waals surface area contributed by atoms with Gasteiger partial charge in [0.1, 0.15) is 16.5 Å². The van der Waals surface area contributed by atoms with Gasteiger partial charge in [0.2, 0.25) is 0 Å². The Morgan fingerprint density at radius 1 is 1.24 bits per heavy atom. The van der Waals surface area contributed by atoms with Gasteiger partial charge >= 0.3 is 0 Å². The van der Waals surface area contributed by atoms with Gasteiger partial charge in [0.25, 0.3) is 10.0 Å². The van der Waals surface area contributed by atoms with Crippen LogP contribution < -0.4 is 9.46 Å². The second-order valence-corrected chi connectivity index (χ2v) is 7.15. The standard InChI is InChI=1S/C14H15BrN2O3S/c1-9-4-5-12(20-3)13(6-9)21(18,19)17-14-10(2)7-11(15)8-16-14/h4-8H,1-3H3,(H,16,17). The van der Waals surface area contributed by atoms with E-state index in [0.717, 1.165) is 15.6 Å². The molecule has 1 aromatic carbocycles. The molecule has 1 N–H and O–H groups in total. The van der Waals surface area contributed by atoms with Gasteiger partial charge in [-0.3, -0.25) is 4.72 Å². The summed E-state index contributed by atoms with van der Waals surface area (Å²) in [6, 6.07) is 6.78. The maximum atomic E-state index is 12.5. The zero-order valence-corrected chi connectivity index (χ0v) is 14.2. The molecule has 2 rings (SSSR count). The van der Waals surface area contributed by atoms with Crippen LogP contribution in [0.3, 0.4) is 0 Å². The highest BCUT2D eigenvalue weighted by Gasteiger charge is 2.21. The van der Waals surface area contributed by atoms with Gasteiger partial charge in [0.15, 0.2) is 0 Å². The molecule has 0 atom stereocenters. The van der Waals surface area contributed by atoms with Crippen molar-refractivity contribution in [2.75, 3.05) is 11.8 Å². The quantitative estimate of drug-likeness (QED) is 0.896. The summed E-state index contributed by atoms with van der Waals surface area (Å²) in [6.07, 6.45) is 1.54. The van der Waals surface area contributed by atoms with Crippen LogP contribution in [0.15, 0.2) is 39.8 Å². The lowest BCUT2D eigenvalue weighted by Gasteiger charge is -2.13. The van der Waals surface area contributed by atoms with Crippen molar-refractivity contribution in [2.24, 2.45) is 0 Å². The molecule has 7 heteroatoms. The Bertz CT molecular complexity index is 776. The zero-order valence-electron chi connectivity index (χ0n) is 11.8. The fourth-order valence-corrected chi connectivity index (χ4v) is 3.60. The van der Waals surface area contributed by atoms with Crippen LogP contribution in [0.5, 0.6) is 5.75 Å². The molecule has 0 aliphatic heterocycles. The normalized spacial score (nSPS) is 11.2. The SMILES string of the molecule is COc1ccc(C)cc1S(=O)(=O)Nc1ncc(Br)cc1C. The van der Waals surface area contributed by atoms with Gasteiger partial charge in [-0.05, 0) is 59.1 Å². The predicted octanol–water partition coefficient (Wildman–Crippen LogP) is 3.27. The molecule has 0 saturated carbocycles. The van der Waals surface area contributed by atoms with E-state index in [4.69, 9.17) is 4.74 Å². The first-order chi connectivity index (χ1) is 9.83. The van der Waals surface area contributed by atoms with E-state index in [1.165, 1.54) is 7.11 Å². The van der Waals surface area contributed by atoms with E-state index in [0.29, 0.717) is 11.6 Å². The van der Waals surface area contributed by atoms with E-state index in [-0.39, 0.29) is 4.90 Å². The third-order valence-electron chi connectivity index (χ3n) is 2.88. The molecular formula is C14H15BrN2O3S. The number of methoxy groups -OCH3 is 1. The molecule has 1 heterocycles. The Balaban J connectivity index is 2.45. The minimum Gasteiger partial charge on any atom is -0.495 e. The van der Waals surface area contributed by atoms with Gasteiger partial charge in [-0.15, -0.1) is 0 Å². The van der Waals surface area contributed by atoms with Crippen LogP contribution in [0.25, 0.3) is 0 Å². The number of nitrogens with one attached hydrogen (secondary N) is 1. The summed E-state index contributed by atoms with van der Waals surface area (Å²) in [5, 5.41) is 0. The first kappa shape index (κ1) is 15.8. The number of pyridine rings is 1. The highest BCUT2D eigenvalue weighted by atomic mass is 79.9. The van der Waals surface area contributed by atoms with Crippen molar-refractivity contribution in [3.05, 3.63) is 46.1 Å². The Labute approximate surface area is 132 Å². The second-order valence-electron chi connectivity index (χ2n) is 4.58. The maximum Gasteiger partial charge on any atom is 0.266 e. The number of sulfonamides is 1. The van der Waals surface area contributed by atoms with E-state index in [9.17, 15) is 8.42 Å². The Hall–Kier alpha value is -1.60. The van der Waals surface area contributed by atoms with Crippen LogP contribution in [-0.2, 0) is 10.0 Å². The summed E-state index contributed by atoms with van der Waals surface area (Å²) in [6.45, 7) is 3.60. The highest BCUT2D eigenvalue weighted by molar-refractivity contribution is 9.10. The lowest BCUT2D eigenvalue weighted by atomic mass is 10.2. The van der Waals surface area contributed by atoms with Crippen LogP contribution in [0.1, 0.15) is 11.1 Å². The number of aryl methyl sites for hydroxylation is 2. The van der Waals surface area contributed by atoms with E-state index in [1.807, 2.05) is 6.92 Å². The minimum atomic E-state index is -3.77. The van der Waals surface area contributed by atoms with Crippen LogP contribution >= 0.6 is 15.9 Å². The number of rotatable bonds is 4. The lowest BCUT2D eigenvalue weighted by molar-refractivity contribution is 0.402. The molecule has 112 valence electrons. The minimum absolute atomic E-state index is 0.0918. The van der Waals surface area contributed by atoms with Crippen molar-refractivity contribution in [1.29, 1.82) is 0 Å². The van der Waals surface area contributed by atoms with Crippen LogP contribution in [0.2, 0.25) is 0 Å². The smallest absolute Gasteiger partial charge is 0.266 e. The van der Waals surface area contributed by atoms with E-state index < -0.39 is 10.0 Å². The van der Waals surface area contributed by atoms with Gasteiger partial charge < -0.3 is 4.74 Å². The van der Waals surface area contributed by atoms with Crippen LogP contribution in [0.4, 0.5) is 5.82 Å². The van der Waals surface area contributed by atoms with Gasteiger partial charge in [-0.25, -0.2) is 13.4 Å². The van der Waals surface area contributed by atoms with E-state index in [2.05, 4.69) is 25.6 Å². The molecule has 2 aromatic rings. The first-order valence-electron chi connectivity index (χ1n) is 6.13. The average molecular weight is 371 g/mol. The number of benzene rings is 1. The zero-order chi connectivity index (χ0) is 15.6. The molecule has 5 nitrogen and oxygen atoms in total.